The van der Waals surface area contributed by atoms with Gasteiger partial charge in [0.05, 0.1) is 101 Å². The fraction of sp³-hybridized carbons (Fsp3) is 0.0247. The van der Waals surface area contributed by atoms with Crippen LogP contribution in [-0.4, -0.2) is 27.8 Å². The number of rotatable bonds is 7. The van der Waals surface area contributed by atoms with Crippen LogP contribution in [-0.2, 0) is 0 Å². The maximum absolute atomic E-state index is 11.2. The van der Waals surface area contributed by atoms with Crippen molar-refractivity contribution in [2.75, 3.05) is 0 Å². The molecule has 12 aromatic carbocycles. The van der Waals surface area contributed by atoms with Crippen LogP contribution in [0.4, 0.5) is 5.69 Å². The number of pyridine rings is 1. The summed E-state index contributed by atoms with van der Waals surface area (Å²) >= 11 is 0. The van der Waals surface area contributed by atoms with Gasteiger partial charge < -0.3 is 22.8 Å². The molecule has 0 amide bonds. The summed E-state index contributed by atoms with van der Waals surface area (Å²) < 4.78 is 12.5. The zero-order chi connectivity index (χ0) is 59.2. The molecule has 0 atom stereocenters. The minimum absolute atomic E-state index is 0.367. The van der Waals surface area contributed by atoms with Gasteiger partial charge in [0, 0.05) is 71.7 Å². The van der Waals surface area contributed by atoms with Crippen LogP contribution in [0.15, 0.2) is 267 Å². The molecule has 0 N–H and O–H groups in total. The van der Waals surface area contributed by atoms with Crippen LogP contribution in [0.25, 0.3) is 165 Å². The van der Waals surface area contributed by atoms with E-state index in [1.165, 1.54) is 0 Å². The maximum atomic E-state index is 11.2. The van der Waals surface area contributed by atoms with Gasteiger partial charge in [0.25, 0.3) is 0 Å². The first-order valence-corrected chi connectivity index (χ1v) is 30.0. The van der Waals surface area contributed by atoms with Crippen LogP contribution < -0.4 is 0 Å². The molecule has 0 aliphatic rings. The van der Waals surface area contributed by atoms with Gasteiger partial charge in [-0.3, -0.25) is 4.98 Å². The first-order chi connectivity index (χ1) is 43.9. The molecular weight excluding hydrogens is 1080 g/mol. The van der Waals surface area contributed by atoms with Crippen molar-refractivity contribution in [3.63, 3.8) is 0 Å². The van der Waals surface area contributed by atoms with Crippen molar-refractivity contribution in [3.05, 3.63) is 295 Å². The van der Waals surface area contributed by atoms with E-state index in [2.05, 4.69) is 284 Å². The Kier molecular flexibility index (Phi) is 10.8. The number of nitrogens with zero attached hydrogens (tertiary/aromatic N) is 8. The normalized spacial score (nSPS) is 11.9. The van der Waals surface area contributed by atoms with E-state index in [0.29, 0.717) is 11.3 Å². The van der Waals surface area contributed by atoms with E-state index >= 15 is 0 Å². The van der Waals surface area contributed by atoms with Gasteiger partial charge in [0.2, 0.25) is 0 Å². The molecule has 0 spiro atoms. The first kappa shape index (κ1) is 50.1. The lowest BCUT2D eigenvalue weighted by atomic mass is 9.86. The van der Waals surface area contributed by atoms with E-state index in [-0.39, 0.29) is 0 Å². The van der Waals surface area contributed by atoms with E-state index in [4.69, 9.17) is 11.6 Å². The van der Waals surface area contributed by atoms with Crippen molar-refractivity contribution < 1.29 is 0 Å². The van der Waals surface area contributed by atoms with Gasteiger partial charge >= 0.3 is 0 Å². The summed E-state index contributed by atoms with van der Waals surface area (Å²) in [6, 6.07) is 96.3. The highest BCUT2D eigenvalue weighted by molar-refractivity contribution is 6.27. The second kappa shape index (κ2) is 19.1. The van der Waals surface area contributed by atoms with Crippen LogP contribution in [0, 0.1) is 31.8 Å². The largest absolute Gasteiger partial charge is 0.308 e. The number of hydrogen-bond acceptors (Lipinski definition) is 2. The lowest BCUT2D eigenvalue weighted by Gasteiger charge is -2.31. The Labute approximate surface area is 510 Å². The van der Waals surface area contributed by atoms with Gasteiger partial charge in [-0.15, -0.1) is 0 Å². The van der Waals surface area contributed by atoms with Crippen molar-refractivity contribution in [2.24, 2.45) is 0 Å². The maximum Gasteiger partial charge on any atom is 0.189 e. The standard InChI is InChI=1S/C81H50N8/c1-49-42-50(2)44-52(43-49)73-74(53-45-51(48-82)46-54(47-53)83-3)78(86-64-31-14-7-24-56(64)57-25-8-15-32-65(57)86)80(88-68-35-18-11-28-60(68)61-29-12-19-36-69(61)88)81(79(73)87-66-33-16-9-26-58(66)59-27-10-17-34-67(59)87)89-70-37-20-13-30-62(70)63-39-40-71-75(77(63)89)76-72(38-21-41-84-76)85(71)55-22-5-4-6-23-55/h4-47H,1-2H3. The van der Waals surface area contributed by atoms with Gasteiger partial charge in [0.15, 0.2) is 5.69 Å². The number of fused-ring (bicyclic) bond motifs is 16. The van der Waals surface area contributed by atoms with E-state index < -0.39 is 0 Å². The zero-order valence-electron chi connectivity index (χ0n) is 48.5. The summed E-state index contributed by atoms with van der Waals surface area (Å²) in [6.45, 7) is 13.2. The van der Waals surface area contributed by atoms with E-state index in [1.807, 2.05) is 24.4 Å². The predicted octanol–water partition coefficient (Wildman–Crippen LogP) is 20.9. The molecule has 0 saturated heterocycles. The Bertz CT molecular complexity index is 5950. The molecular formula is C81H50N8. The van der Waals surface area contributed by atoms with Crippen LogP contribution in [0.5, 0.6) is 0 Å². The van der Waals surface area contributed by atoms with Crippen molar-refractivity contribution >= 4 is 115 Å². The fourth-order valence-corrected chi connectivity index (χ4v) is 15.1. The Balaban J connectivity index is 1.25. The SMILES string of the molecule is [C-]#[N+]c1cc(C#N)cc(-c2c(-c3cc(C)cc(C)c3)c(-n3c4ccccc4c4ccccc43)c(-n3c4ccccc4c4ccc5c(c6ncccc6n5-c5ccccc5)c43)c(-n3c4ccccc4c4ccccc43)c2-n2c3ccccc3c3ccccc32)c1. The minimum Gasteiger partial charge on any atom is -0.308 e. The van der Waals surface area contributed by atoms with Gasteiger partial charge in [-0.1, -0.05) is 181 Å². The number of aromatic nitrogens is 6. The van der Waals surface area contributed by atoms with Crippen LogP contribution in [0.2, 0.25) is 0 Å². The molecule has 0 aliphatic carbocycles. The summed E-state index contributed by atoms with van der Waals surface area (Å²) in [5.74, 6) is 0. The van der Waals surface area contributed by atoms with Crippen molar-refractivity contribution in [2.45, 2.75) is 13.8 Å². The number of para-hydroxylation sites is 8. The van der Waals surface area contributed by atoms with E-state index in [0.717, 1.165) is 171 Å². The molecule has 8 heteroatoms. The van der Waals surface area contributed by atoms with Crippen LogP contribution >= 0.6 is 0 Å². The van der Waals surface area contributed by atoms with Gasteiger partial charge in [-0.25, -0.2) is 4.85 Å². The third-order valence-corrected chi connectivity index (χ3v) is 18.3. The molecule has 0 bridgehead atoms. The molecule has 0 fully saturated rings. The first-order valence-electron chi connectivity index (χ1n) is 30.0. The topological polar surface area (TPSA) is 65.7 Å². The quantitative estimate of drug-likeness (QED) is 0.149. The second-order valence-corrected chi connectivity index (χ2v) is 23.4. The molecule has 414 valence electrons. The fourth-order valence-electron chi connectivity index (χ4n) is 15.1. The predicted molar refractivity (Wildman–Crippen MR) is 367 cm³/mol. The molecule has 18 aromatic rings. The molecule has 89 heavy (non-hydrogen) atoms. The number of hydrogen-bond donors (Lipinski definition) is 0. The molecule has 6 aromatic heterocycles. The third-order valence-electron chi connectivity index (χ3n) is 18.3. The smallest absolute Gasteiger partial charge is 0.189 e. The molecule has 0 radical (unpaired) electrons. The highest BCUT2D eigenvalue weighted by atomic mass is 15.1. The number of benzene rings is 12. The molecule has 18 rings (SSSR count). The number of aryl methyl sites for hydroxylation is 2. The molecule has 0 unspecified atom stereocenters. The lowest BCUT2D eigenvalue weighted by Crippen LogP contribution is -2.16. The van der Waals surface area contributed by atoms with Gasteiger partial charge in [-0.2, -0.15) is 5.26 Å². The average Bonchev–Trinajstić information content (AvgIpc) is 1.68. The highest BCUT2D eigenvalue weighted by Gasteiger charge is 2.36. The Morgan fingerprint density at radius 2 is 0.764 bits per heavy atom. The lowest BCUT2D eigenvalue weighted by molar-refractivity contribution is 1.03. The Morgan fingerprint density at radius 1 is 0.360 bits per heavy atom. The van der Waals surface area contributed by atoms with Gasteiger partial charge in [-0.05, 0) is 116 Å². The second-order valence-electron chi connectivity index (χ2n) is 23.4. The summed E-state index contributed by atoms with van der Waals surface area (Å²) in [5, 5.41) is 21.0. The molecule has 6 heterocycles. The summed E-state index contributed by atoms with van der Waals surface area (Å²) in [6.07, 6.45) is 1.93. The summed E-state index contributed by atoms with van der Waals surface area (Å²) in [4.78, 5) is 9.59. The third kappa shape index (κ3) is 7.11. The zero-order valence-corrected chi connectivity index (χ0v) is 48.5. The van der Waals surface area contributed by atoms with Crippen LogP contribution in [0.3, 0.4) is 0 Å². The Hall–Kier alpha value is -12.2. The van der Waals surface area contributed by atoms with Crippen molar-refractivity contribution in [1.29, 1.82) is 5.26 Å². The Morgan fingerprint density at radius 3 is 1.24 bits per heavy atom. The van der Waals surface area contributed by atoms with E-state index in [1.54, 1.807) is 6.07 Å². The molecule has 0 saturated carbocycles. The van der Waals surface area contributed by atoms with Crippen molar-refractivity contribution in [3.8, 4) is 56.8 Å². The highest BCUT2D eigenvalue weighted by Crippen LogP contribution is 2.56. The van der Waals surface area contributed by atoms with E-state index in [9.17, 15) is 5.26 Å². The van der Waals surface area contributed by atoms with Crippen molar-refractivity contribution in [1.82, 2.24) is 27.8 Å². The summed E-state index contributed by atoms with van der Waals surface area (Å²) in [5.41, 5.74) is 22.0. The summed E-state index contributed by atoms with van der Waals surface area (Å²) in [7, 11) is 0. The number of nitriles is 1. The minimum atomic E-state index is 0.367. The monoisotopic (exact) mass is 1130 g/mol. The molecule has 0 aliphatic heterocycles. The van der Waals surface area contributed by atoms with Crippen LogP contribution in [0.1, 0.15) is 16.7 Å². The molecule has 8 nitrogen and oxygen atoms in total. The average molecular weight is 1140 g/mol. The van der Waals surface area contributed by atoms with Gasteiger partial charge in [0.1, 0.15) is 0 Å².